The van der Waals surface area contributed by atoms with Gasteiger partial charge in [-0.05, 0) is 18.1 Å². The zero-order valence-electron chi connectivity index (χ0n) is 12.5. The van der Waals surface area contributed by atoms with Crippen LogP contribution in [0.1, 0.15) is 31.3 Å². The van der Waals surface area contributed by atoms with Crippen LogP contribution in [0.5, 0.6) is 0 Å². The molecule has 22 heavy (non-hydrogen) atoms. The topological polar surface area (TPSA) is 38.0 Å². The molecule has 0 amide bonds. The molecule has 0 unspecified atom stereocenters. The largest absolute Gasteiger partial charge is 0.388 e. The van der Waals surface area contributed by atoms with Crippen molar-refractivity contribution in [1.82, 2.24) is 9.55 Å². The Hall–Kier alpha value is -1.66. The van der Waals surface area contributed by atoms with Gasteiger partial charge in [0.2, 0.25) is 0 Å². The first-order chi connectivity index (χ1) is 10.5. The zero-order valence-corrected chi connectivity index (χ0v) is 13.3. The van der Waals surface area contributed by atoms with E-state index in [1.165, 1.54) is 23.9 Å². The number of aromatic nitrogens is 2. The van der Waals surface area contributed by atoms with Gasteiger partial charge in [-0.2, -0.15) is 0 Å². The fourth-order valence-electron chi connectivity index (χ4n) is 2.12. The van der Waals surface area contributed by atoms with Crippen LogP contribution in [0.15, 0.2) is 40.8 Å². The van der Waals surface area contributed by atoms with Crippen LogP contribution in [0.25, 0.3) is 0 Å². The molecule has 0 atom stereocenters. The third kappa shape index (κ3) is 3.56. The van der Waals surface area contributed by atoms with Crippen molar-refractivity contribution in [3.8, 4) is 0 Å². The van der Waals surface area contributed by atoms with E-state index in [0.29, 0.717) is 17.3 Å². The highest BCUT2D eigenvalue weighted by atomic mass is 32.2. The molecule has 1 aromatic heterocycles. The Bertz CT molecular complexity index is 663. The lowest BCUT2D eigenvalue weighted by molar-refractivity contribution is 0.265. The van der Waals surface area contributed by atoms with E-state index in [2.05, 4.69) is 11.6 Å². The average Bonchev–Trinajstić information content (AvgIpc) is 2.76. The van der Waals surface area contributed by atoms with Gasteiger partial charge in [0.25, 0.3) is 0 Å². The molecule has 0 fully saturated rings. The highest BCUT2D eigenvalue weighted by Gasteiger charge is 2.19. The van der Waals surface area contributed by atoms with Gasteiger partial charge < -0.3 is 9.67 Å². The van der Waals surface area contributed by atoms with Crippen molar-refractivity contribution < 1.29 is 13.9 Å². The third-order valence-electron chi connectivity index (χ3n) is 3.08. The van der Waals surface area contributed by atoms with Crippen LogP contribution in [-0.4, -0.2) is 14.7 Å². The van der Waals surface area contributed by atoms with Crippen LogP contribution in [0, 0.1) is 11.6 Å². The fourth-order valence-corrected chi connectivity index (χ4v) is 3.37. The van der Waals surface area contributed by atoms with E-state index in [1.54, 1.807) is 6.08 Å². The van der Waals surface area contributed by atoms with E-state index >= 15 is 0 Å². The van der Waals surface area contributed by atoms with Gasteiger partial charge in [-0.1, -0.05) is 31.7 Å². The summed E-state index contributed by atoms with van der Waals surface area (Å²) < 4.78 is 28.6. The Morgan fingerprint density at radius 3 is 2.45 bits per heavy atom. The second-order valence-electron chi connectivity index (χ2n) is 5.14. The van der Waals surface area contributed by atoms with Crippen molar-refractivity contribution >= 4 is 11.8 Å². The lowest BCUT2D eigenvalue weighted by atomic mass is 10.1. The molecule has 2 rings (SSSR count). The van der Waals surface area contributed by atoms with Crippen LogP contribution in [-0.2, 0) is 13.2 Å². The van der Waals surface area contributed by atoms with Gasteiger partial charge in [0.1, 0.15) is 29.1 Å². The van der Waals surface area contributed by atoms with E-state index < -0.39 is 11.6 Å². The van der Waals surface area contributed by atoms with E-state index in [4.69, 9.17) is 0 Å². The summed E-state index contributed by atoms with van der Waals surface area (Å²) in [6.07, 6.45) is 1.70. The summed E-state index contributed by atoms with van der Waals surface area (Å²) in [6, 6.07) is 3.40. The molecular formula is C16H18F2N2OS. The van der Waals surface area contributed by atoms with Crippen LogP contribution < -0.4 is 0 Å². The summed E-state index contributed by atoms with van der Waals surface area (Å²) in [4.78, 5) is 4.90. The number of nitrogens with zero attached hydrogens (tertiary/aromatic N) is 2. The third-order valence-corrected chi connectivity index (χ3v) is 4.17. The molecule has 1 N–H and O–H groups in total. The maximum atomic E-state index is 13.4. The Morgan fingerprint density at radius 1 is 1.32 bits per heavy atom. The number of hydrogen-bond donors (Lipinski definition) is 1. The molecule has 0 bridgehead atoms. The molecule has 0 aliphatic carbocycles. The van der Waals surface area contributed by atoms with Gasteiger partial charge in [-0.25, -0.2) is 13.8 Å². The van der Waals surface area contributed by atoms with Crippen molar-refractivity contribution in [2.45, 2.75) is 42.8 Å². The fraction of sp³-hybridized carbons (Fsp3) is 0.312. The second-order valence-corrected chi connectivity index (χ2v) is 6.20. The number of imidazole rings is 1. The summed E-state index contributed by atoms with van der Waals surface area (Å²) in [7, 11) is 0. The maximum Gasteiger partial charge on any atom is 0.136 e. The van der Waals surface area contributed by atoms with Crippen LogP contribution in [0.3, 0.4) is 0 Å². The highest BCUT2D eigenvalue weighted by Crippen LogP contribution is 2.35. The van der Waals surface area contributed by atoms with Crippen LogP contribution >= 0.6 is 11.8 Å². The second kappa shape index (κ2) is 7.07. The number of halogens is 2. The van der Waals surface area contributed by atoms with Crippen LogP contribution in [0.4, 0.5) is 8.78 Å². The molecule has 3 nitrogen and oxygen atoms in total. The number of rotatable bonds is 6. The van der Waals surface area contributed by atoms with Gasteiger partial charge in [0.15, 0.2) is 0 Å². The molecule has 0 aliphatic rings. The summed E-state index contributed by atoms with van der Waals surface area (Å²) in [5.74, 6) is -0.600. The molecule has 0 saturated heterocycles. The minimum atomic E-state index is -0.620. The van der Waals surface area contributed by atoms with Gasteiger partial charge in [0, 0.05) is 17.5 Å². The van der Waals surface area contributed by atoms with E-state index in [9.17, 15) is 13.9 Å². The molecular weight excluding hydrogens is 306 g/mol. The molecule has 0 saturated carbocycles. The molecule has 1 heterocycles. The van der Waals surface area contributed by atoms with Crippen LogP contribution in [0.2, 0.25) is 0 Å². The Kier molecular flexibility index (Phi) is 5.37. The van der Waals surface area contributed by atoms with Gasteiger partial charge in [0.05, 0.1) is 5.69 Å². The number of benzene rings is 1. The smallest absolute Gasteiger partial charge is 0.136 e. The Balaban J connectivity index is 2.51. The summed E-state index contributed by atoms with van der Waals surface area (Å²) >= 11 is 1.24. The lowest BCUT2D eigenvalue weighted by Crippen LogP contribution is -2.03. The van der Waals surface area contributed by atoms with Crippen molar-refractivity contribution in [3.63, 3.8) is 0 Å². The van der Waals surface area contributed by atoms with Gasteiger partial charge >= 0.3 is 0 Å². The number of allylic oxidation sites excluding steroid dienone is 1. The monoisotopic (exact) mass is 324 g/mol. The highest BCUT2D eigenvalue weighted by molar-refractivity contribution is 7.99. The molecule has 0 spiro atoms. The maximum absolute atomic E-state index is 13.4. The average molecular weight is 324 g/mol. The van der Waals surface area contributed by atoms with E-state index in [0.717, 1.165) is 16.8 Å². The Labute approximate surface area is 132 Å². The first kappa shape index (κ1) is 16.7. The van der Waals surface area contributed by atoms with Crippen molar-refractivity contribution in [1.29, 1.82) is 0 Å². The standard InChI is InChI=1S/C16H18F2N2OS/c1-4-5-20-14(9-21)19-15(10(2)3)16(20)22-13-7-11(17)6-12(18)8-13/h4,6-8,10,21H,1,5,9H2,2-3H3. The molecule has 1 aromatic carbocycles. The minimum Gasteiger partial charge on any atom is -0.388 e. The zero-order chi connectivity index (χ0) is 16.3. The summed E-state index contributed by atoms with van der Waals surface area (Å²) in [6.45, 7) is 7.94. The minimum absolute atomic E-state index is 0.122. The SMILES string of the molecule is C=CCn1c(CO)nc(C(C)C)c1Sc1cc(F)cc(F)c1. The predicted molar refractivity (Wildman–Crippen MR) is 82.9 cm³/mol. The molecule has 6 heteroatoms. The first-order valence-corrected chi connectivity index (χ1v) is 7.73. The number of hydrogen-bond acceptors (Lipinski definition) is 3. The van der Waals surface area contributed by atoms with Crippen molar-refractivity contribution in [3.05, 3.63) is 54.0 Å². The van der Waals surface area contributed by atoms with E-state index in [1.807, 2.05) is 18.4 Å². The number of aliphatic hydroxyl groups is 1. The lowest BCUT2D eigenvalue weighted by Gasteiger charge is -2.11. The summed E-state index contributed by atoms with van der Waals surface area (Å²) in [5.41, 5.74) is 0.792. The Morgan fingerprint density at radius 2 is 1.95 bits per heavy atom. The van der Waals surface area contributed by atoms with E-state index in [-0.39, 0.29) is 12.5 Å². The van der Waals surface area contributed by atoms with Gasteiger partial charge in [-0.3, -0.25) is 0 Å². The normalized spacial score (nSPS) is 11.2. The van der Waals surface area contributed by atoms with Crippen molar-refractivity contribution in [2.24, 2.45) is 0 Å². The molecule has 0 aliphatic heterocycles. The molecule has 2 aromatic rings. The molecule has 0 radical (unpaired) electrons. The first-order valence-electron chi connectivity index (χ1n) is 6.91. The quantitative estimate of drug-likeness (QED) is 0.813. The molecule has 118 valence electrons. The van der Waals surface area contributed by atoms with Crippen molar-refractivity contribution in [2.75, 3.05) is 0 Å². The number of aliphatic hydroxyl groups excluding tert-OH is 1. The summed E-state index contributed by atoms with van der Waals surface area (Å²) in [5, 5.41) is 10.2. The van der Waals surface area contributed by atoms with Gasteiger partial charge in [-0.15, -0.1) is 6.58 Å². The predicted octanol–water partition coefficient (Wildman–Crippen LogP) is 4.11.